The van der Waals surface area contributed by atoms with Gasteiger partial charge in [-0.15, -0.1) is 0 Å². The molecule has 0 aliphatic carbocycles. The molecule has 0 unspecified atom stereocenters. The molecule has 2 rings (SSSR count). The second kappa shape index (κ2) is 5.82. The molecular formula is C13H15FO4. The van der Waals surface area contributed by atoms with E-state index < -0.39 is 11.8 Å². The molecule has 0 bridgehead atoms. The average Bonchev–Trinajstić information content (AvgIpc) is 2.88. The monoisotopic (exact) mass is 254 g/mol. The zero-order chi connectivity index (χ0) is 13.0. The maximum absolute atomic E-state index is 13.6. The van der Waals surface area contributed by atoms with Gasteiger partial charge in [0.1, 0.15) is 18.2 Å². The second-order valence-electron chi connectivity index (χ2n) is 4.08. The lowest BCUT2D eigenvalue weighted by Gasteiger charge is -2.11. The third-order valence-corrected chi connectivity index (χ3v) is 2.81. The lowest BCUT2D eigenvalue weighted by Crippen LogP contribution is -2.16. The molecule has 0 saturated carbocycles. The summed E-state index contributed by atoms with van der Waals surface area (Å²) in [6.07, 6.45) is 2.07. The number of ether oxygens (including phenoxy) is 3. The molecule has 0 spiro atoms. The minimum Gasteiger partial charge on any atom is -0.491 e. The van der Waals surface area contributed by atoms with E-state index >= 15 is 0 Å². The third-order valence-electron chi connectivity index (χ3n) is 2.81. The normalized spacial score (nSPS) is 18.7. The molecule has 1 aliphatic heterocycles. The largest absolute Gasteiger partial charge is 0.491 e. The fourth-order valence-corrected chi connectivity index (χ4v) is 1.83. The SMILES string of the molecule is COC(=O)c1ccc(OC[C@H]2CCCO2)cc1F. The topological polar surface area (TPSA) is 44.8 Å². The van der Waals surface area contributed by atoms with Gasteiger partial charge in [0, 0.05) is 12.7 Å². The first-order chi connectivity index (χ1) is 8.70. The molecule has 1 fully saturated rings. The highest BCUT2D eigenvalue weighted by atomic mass is 19.1. The predicted octanol–water partition coefficient (Wildman–Crippen LogP) is 2.17. The van der Waals surface area contributed by atoms with Crippen LogP contribution < -0.4 is 4.74 Å². The van der Waals surface area contributed by atoms with Crippen LogP contribution in [0, 0.1) is 5.82 Å². The van der Waals surface area contributed by atoms with Gasteiger partial charge in [0.25, 0.3) is 0 Å². The fraction of sp³-hybridized carbons (Fsp3) is 0.462. The number of hydrogen-bond donors (Lipinski definition) is 0. The number of carbonyl (C=O) groups excluding carboxylic acids is 1. The third kappa shape index (κ3) is 2.98. The molecule has 0 radical (unpaired) electrons. The van der Waals surface area contributed by atoms with Crippen molar-refractivity contribution in [1.82, 2.24) is 0 Å². The van der Waals surface area contributed by atoms with Crippen molar-refractivity contribution >= 4 is 5.97 Å². The van der Waals surface area contributed by atoms with Gasteiger partial charge in [-0.25, -0.2) is 9.18 Å². The Balaban J connectivity index is 1.97. The molecule has 5 heteroatoms. The van der Waals surface area contributed by atoms with Crippen LogP contribution in [0.5, 0.6) is 5.75 Å². The van der Waals surface area contributed by atoms with Crippen molar-refractivity contribution in [3.8, 4) is 5.75 Å². The molecule has 0 amide bonds. The first kappa shape index (κ1) is 12.8. The first-order valence-corrected chi connectivity index (χ1v) is 5.83. The van der Waals surface area contributed by atoms with Crippen molar-refractivity contribution < 1.29 is 23.4 Å². The van der Waals surface area contributed by atoms with Crippen molar-refractivity contribution in [1.29, 1.82) is 0 Å². The maximum Gasteiger partial charge on any atom is 0.340 e. The molecule has 1 saturated heterocycles. The van der Waals surface area contributed by atoms with Crippen molar-refractivity contribution in [3.05, 3.63) is 29.6 Å². The molecule has 1 aromatic rings. The zero-order valence-electron chi connectivity index (χ0n) is 10.1. The van der Waals surface area contributed by atoms with Crippen LogP contribution in [-0.4, -0.2) is 32.4 Å². The zero-order valence-corrected chi connectivity index (χ0v) is 10.1. The minimum absolute atomic E-state index is 0.0772. The van der Waals surface area contributed by atoms with E-state index in [2.05, 4.69) is 4.74 Å². The van der Waals surface area contributed by atoms with Crippen LogP contribution in [-0.2, 0) is 9.47 Å². The summed E-state index contributed by atoms with van der Waals surface area (Å²) in [5, 5.41) is 0. The van der Waals surface area contributed by atoms with Crippen LogP contribution in [0.3, 0.4) is 0 Å². The highest BCUT2D eigenvalue weighted by Crippen LogP contribution is 2.19. The van der Waals surface area contributed by atoms with Crippen LogP contribution in [0.15, 0.2) is 18.2 Å². The molecule has 1 atom stereocenters. The quantitative estimate of drug-likeness (QED) is 0.772. The summed E-state index contributed by atoms with van der Waals surface area (Å²) in [6, 6.07) is 4.08. The van der Waals surface area contributed by atoms with Gasteiger partial charge in [0.2, 0.25) is 0 Å². The van der Waals surface area contributed by atoms with Gasteiger partial charge >= 0.3 is 5.97 Å². The van der Waals surface area contributed by atoms with E-state index in [1.165, 1.54) is 19.2 Å². The summed E-state index contributed by atoms with van der Waals surface area (Å²) in [5.41, 5.74) is -0.0954. The van der Waals surface area contributed by atoms with E-state index in [1.807, 2.05) is 0 Å². The minimum atomic E-state index is -0.696. The summed E-state index contributed by atoms with van der Waals surface area (Å²) < 4.78 is 28.8. The van der Waals surface area contributed by atoms with Crippen LogP contribution in [0.4, 0.5) is 4.39 Å². The Morgan fingerprint density at radius 1 is 1.56 bits per heavy atom. The van der Waals surface area contributed by atoms with E-state index in [0.29, 0.717) is 12.4 Å². The van der Waals surface area contributed by atoms with Gasteiger partial charge in [-0.2, -0.15) is 0 Å². The Bertz CT molecular complexity index is 427. The van der Waals surface area contributed by atoms with Gasteiger partial charge in [0.05, 0.1) is 18.8 Å². The molecule has 0 N–H and O–H groups in total. The molecular weight excluding hydrogens is 239 g/mol. The van der Waals surface area contributed by atoms with E-state index in [1.54, 1.807) is 6.07 Å². The van der Waals surface area contributed by atoms with Gasteiger partial charge in [-0.1, -0.05) is 0 Å². The standard InChI is InChI=1S/C13H15FO4/c1-16-13(15)11-5-4-9(7-12(11)14)18-8-10-3-2-6-17-10/h4-5,7,10H,2-3,6,8H2,1H3/t10-/m1/s1. The molecule has 1 heterocycles. The molecule has 0 aromatic heterocycles. The van der Waals surface area contributed by atoms with Gasteiger partial charge in [-0.05, 0) is 25.0 Å². The van der Waals surface area contributed by atoms with Crippen molar-refractivity contribution in [2.45, 2.75) is 18.9 Å². The highest BCUT2D eigenvalue weighted by molar-refractivity contribution is 5.89. The van der Waals surface area contributed by atoms with Crippen LogP contribution in [0.1, 0.15) is 23.2 Å². The van der Waals surface area contributed by atoms with E-state index in [-0.39, 0.29) is 11.7 Å². The lowest BCUT2D eigenvalue weighted by molar-refractivity contribution is 0.0594. The van der Waals surface area contributed by atoms with Gasteiger partial charge in [0.15, 0.2) is 0 Å². The van der Waals surface area contributed by atoms with Crippen LogP contribution >= 0.6 is 0 Å². The number of benzene rings is 1. The lowest BCUT2D eigenvalue weighted by atomic mass is 10.2. The Morgan fingerprint density at radius 3 is 3.00 bits per heavy atom. The van der Waals surface area contributed by atoms with E-state index in [0.717, 1.165) is 19.4 Å². The highest BCUT2D eigenvalue weighted by Gasteiger charge is 2.17. The number of esters is 1. The summed E-state index contributed by atoms with van der Waals surface area (Å²) in [4.78, 5) is 11.2. The Labute approximate surface area is 105 Å². The average molecular weight is 254 g/mol. The molecule has 18 heavy (non-hydrogen) atoms. The van der Waals surface area contributed by atoms with E-state index in [9.17, 15) is 9.18 Å². The van der Waals surface area contributed by atoms with Crippen molar-refractivity contribution in [2.24, 2.45) is 0 Å². The smallest absolute Gasteiger partial charge is 0.340 e. The van der Waals surface area contributed by atoms with Crippen LogP contribution in [0.25, 0.3) is 0 Å². The van der Waals surface area contributed by atoms with Gasteiger partial charge < -0.3 is 14.2 Å². The number of rotatable bonds is 4. The molecule has 1 aliphatic rings. The van der Waals surface area contributed by atoms with Gasteiger partial charge in [-0.3, -0.25) is 0 Å². The molecule has 4 nitrogen and oxygen atoms in total. The van der Waals surface area contributed by atoms with Crippen LogP contribution in [0.2, 0.25) is 0 Å². The summed E-state index contributed by atoms with van der Waals surface area (Å²) in [6.45, 7) is 1.15. The predicted molar refractivity (Wildman–Crippen MR) is 62.2 cm³/mol. The van der Waals surface area contributed by atoms with E-state index in [4.69, 9.17) is 9.47 Å². The Kier molecular flexibility index (Phi) is 4.15. The van der Waals surface area contributed by atoms with Crippen molar-refractivity contribution in [2.75, 3.05) is 20.3 Å². The first-order valence-electron chi connectivity index (χ1n) is 5.83. The number of methoxy groups -OCH3 is 1. The Hall–Kier alpha value is -1.62. The number of hydrogen-bond acceptors (Lipinski definition) is 4. The fourth-order valence-electron chi connectivity index (χ4n) is 1.83. The molecule has 1 aromatic carbocycles. The van der Waals surface area contributed by atoms with Crippen molar-refractivity contribution in [3.63, 3.8) is 0 Å². The number of carbonyl (C=O) groups is 1. The summed E-state index contributed by atoms with van der Waals surface area (Å²) >= 11 is 0. The second-order valence-corrected chi connectivity index (χ2v) is 4.08. The summed E-state index contributed by atoms with van der Waals surface area (Å²) in [5.74, 6) is -0.958. The Morgan fingerprint density at radius 2 is 2.39 bits per heavy atom. The summed E-state index contributed by atoms with van der Waals surface area (Å²) in [7, 11) is 1.21. The number of halogens is 1. The molecule has 98 valence electrons. The maximum atomic E-state index is 13.6.